The Labute approximate surface area is 96.8 Å². The van der Waals surface area contributed by atoms with Gasteiger partial charge in [-0.2, -0.15) is 0 Å². The second kappa shape index (κ2) is 4.72. The van der Waals surface area contributed by atoms with Crippen molar-refractivity contribution in [1.82, 2.24) is 4.90 Å². The van der Waals surface area contributed by atoms with Crippen molar-refractivity contribution in [3.8, 4) is 0 Å². The van der Waals surface area contributed by atoms with Gasteiger partial charge in [0.25, 0.3) is 0 Å². The third kappa shape index (κ3) is 2.23. The summed E-state index contributed by atoms with van der Waals surface area (Å²) in [5, 5.41) is 9.12. The van der Waals surface area contributed by atoms with Crippen LogP contribution < -0.4 is 5.73 Å². The minimum atomic E-state index is -0.665. The Bertz CT molecular complexity index is 270. The summed E-state index contributed by atoms with van der Waals surface area (Å²) in [5.41, 5.74) is 5.93. The summed E-state index contributed by atoms with van der Waals surface area (Å²) < 4.78 is 0. The number of carboxylic acids is 1. The zero-order chi connectivity index (χ0) is 11.7. The molecule has 2 aliphatic rings. The topological polar surface area (TPSA) is 66.6 Å². The van der Waals surface area contributed by atoms with E-state index in [4.69, 9.17) is 10.8 Å². The predicted molar refractivity (Wildman–Crippen MR) is 62.1 cm³/mol. The molecular formula is C12H22N2O2. The van der Waals surface area contributed by atoms with Gasteiger partial charge in [-0.1, -0.05) is 0 Å². The van der Waals surface area contributed by atoms with Crippen LogP contribution in [0.5, 0.6) is 0 Å². The Hall–Kier alpha value is -0.610. The minimum absolute atomic E-state index is 0.258. The van der Waals surface area contributed by atoms with E-state index in [0.29, 0.717) is 18.0 Å². The lowest BCUT2D eigenvalue weighted by Gasteiger charge is -2.38. The van der Waals surface area contributed by atoms with Crippen molar-refractivity contribution in [2.24, 2.45) is 11.7 Å². The molecule has 92 valence electrons. The Morgan fingerprint density at radius 2 is 2.25 bits per heavy atom. The van der Waals surface area contributed by atoms with Gasteiger partial charge in [0.05, 0.1) is 0 Å². The molecule has 2 rings (SSSR count). The van der Waals surface area contributed by atoms with E-state index in [0.717, 1.165) is 32.2 Å². The first-order valence-electron chi connectivity index (χ1n) is 6.33. The quantitative estimate of drug-likeness (QED) is 0.752. The van der Waals surface area contributed by atoms with Crippen LogP contribution in [0.25, 0.3) is 0 Å². The van der Waals surface area contributed by atoms with E-state index >= 15 is 0 Å². The highest BCUT2D eigenvalue weighted by Crippen LogP contribution is 2.32. The first-order valence-corrected chi connectivity index (χ1v) is 6.33. The van der Waals surface area contributed by atoms with E-state index in [1.54, 1.807) is 0 Å². The zero-order valence-electron chi connectivity index (χ0n) is 9.93. The molecule has 0 aromatic rings. The third-order valence-corrected chi connectivity index (χ3v) is 4.27. The third-order valence-electron chi connectivity index (χ3n) is 4.27. The highest BCUT2D eigenvalue weighted by Gasteiger charge is 2.36. The molecule has 0 bridgehead atoms. The second-order valence-electron chi connectivity index (χ2n) is 5.32. The number of carbonyl (C=O) groups is 1. The smallest absolute Gasteiger partial charge is 0.320 e. The molecule has 4 unspecified atom stereocenters. The summed E-state index contributed by atoms with van der Waals surface area (Å²) in [7, 11) is 0. The molecule has 0 radical (unpaired) electrons. The van der Waals surface area contributed by atoms with Gasteiger partial charge in [-0.3, -0.25) is 9.69 Å². The molecule has 1 aliphatic heterocycles. The molecule has 1 heterocycles. The zero-order valence-corrected chi connectivity index (χ0v) is 9.93. The highest BCUT2D eigenvalue weighted by atomic mass is 16.4. The lowest BCUT2D eigenvalue weighted by molar-refractivity contribution is -0.143. The van der Waals surface area contributed by atoms with Crippen LogP contribution in [0.3, 0.4) is 0 Å². The Morgan fingerprint density at radius 3 is 2.75 bits per heavy atom. The van der Waals surface area contributed by atoms with Gasteiger partial charge in [0.15, 0.2) is 0 Å². The number of carboxylic acid groups (broad SMARTS) is 1. The predicted octanol–water partition coefficient (Wildman–Crippen LogP) is 1.05. The summed E-state index contributed by atoms with van der Waals surface area (Å²) in [6, 6.07) is 0.458. The largest absolute Gasteiger partial charge is 0.480 e. The number of hydrogen-bond donors (Lipinski definition) is 2. The van der Waals surface area contributed by atoms with E-state index in [1.165, 1.54) is 6.42 Å². The molecule has 1 aliphatic carbocycles. The van der Waals surface area contributed by atoms with Gasteiger partial charge in [-0.25, -0.2) is 0 Å². The molecule has 1 saturated heterocycles. The van der Waals surface area contributed by atoms with E-state index in [9.17, 15) is 4.79 Å². The van der Waals surface area contributed by atoms with Crippen molar-refractivity contribution in [3.63, 3.8) is 0 Å². The number of nitrogens with two attached hydrogens (primary N) is 1. The van der Waals surface area contributed by atoms with E-state index in [2.05, 4.69) is 11.8 Å². The van der Waals surface area contributed by atoms with Crippen molar-refractivity contribution in [2.75, 3.05) is 6.54 Å². The van der Waals surface area contributed by atoms with Crippen LogP contribution >= 0.6 is 0 Å². The van der Waals surface area contributed by atoms with Gasteiger partial charge in [-0.15, -0.1) is 0 Å². The van der Waals surface area contributed by atoms with Crippen LogP contribution in [0, 0.1) is 5.92 Å². The first-order chi connectivity index (χ1) is 7.59. The molecule has 3 N–H and O–H groups in total. The average molecular weight is 226 g/mol. The lowest BCUT2D eigenvalue weighted by atomic mass is 9.76. The van der Waals surface area contributed by atoms with Gasteiger partial charge in [0.2, 0.25) is 0 Å². The summed E-state index contributed by atoms with van der Waals surface area (Å²) in [4.78, 5) is 13.2. The summed E-state index contributed by atoms with van der Waals surface area (Å²) in [5.74, 6) is -0.0488. The van der Waals surface area contributed by atoms with Crippen molar-refractivity contribution < 1.29 is 9.90 Å². The molecule has 0 aromatic heterocycles. The fourth-order valence-corrected chi connectivity index (χ4v) is 3.04. The van der Waals surface area contributed by atoms with Crippen LogP contribution in [0.1, 0.15) is 39.0 Å². The molecular weight excluding hydrogens is 204 g/mol. The van der Waals surface area contributed by atoms with E-state index < -0.39 is 5.97 Å². The van der Waals surface area contributed by atoms with Gasteiger partial charge in [-0.05, 0) is 51.5 Å². The molecule has 0 aromatic carbocycles. The van der Waals surface area contributed by atoms with Gasteiger partial charge >= 0.3 is 5.97 Å². The van der Waals surface area contributed by atoms with E-state index in [-0.39, 0.29) is 6.04 Å². The number of nitrogens with zero attached hydrogens (tertiary/aromatic N) is 1. The summed E-state index contributed by atoms with van der Waals surface area (Å²) >= 11 is 0. The maximum Gasteiger partial charge on any atom is 0.320 e. The Morgan fingerprint density at radius 1 is 1.50 bits per heavy atom. The monoisotopic (exact) mass is 226 g/mol. The SMILES string of the molecule is CC(CC1CCC1N)N1CCCC1C(=O)O. The van der Waals surface area contributed by atoms with Gasteiger partial charge in [0.1, 0.15) is 6.04 Å². The standard InChI is InChI=1S/C12H22N2O2/c1-8(7-9-4-5-10(9)13)14-6-2-3-11(14)12(15)16/h8-11H,2-7,13H2,1H3,(H,15,16). The maximum atomic E-state index is 11.1. The normalized spacial score (nSPS) is 37.0. The van der Waals surface area contributed by atoms with Crippen LogP contribution in [0.15, 0.2) is 0 Å². The maximum absolute atomic E-state index is 11.1. The average Bonchev–Trinajstić information content (AvgIpc) is 2.72. The van der Waals surface area contributed by atoms with Crippen LogP contribution in [-0.2, 0) is 4.79 Å². The Balaban J connectivity index is 1.88. The fourth-order valence-electron chi connectivity index (χ4n) is 3.04. The number of likely N-dealkylation sites (tertiary alicyclic amines) is 1. The molecule has 4 heteroatoms. The Kier molecular flexibility index (Phi) is 3.50. The van der Waals surface area contributed by atoms with Crippen LogP contribution in [0.4, 0.5) is 0 Å². The molecule has 1 saturated carbocycles. The molecule has 4 nitrogen and oxygen atoms in total. The molecule has 2 fully saturated rings. The van der Waals surface area contributed by atoms with Gasteiger partial charge < -0.3 is 10.8 Å². The molecule has 0 amide bonds. The van der Waals surface area contributed by atoms with Crippen LogP contribution in [-0.4, -0.2) is 40.6 Å². The molecule has 0 spiro atoms. The number of hydrogen-bond acceptors (Lipinski definition) is 3. The molecule has 16 heavy (non-hydrogen) atoms. The highest BCUT2D eigenvalue weighted by molar-refractivity contribution is 5.73. The minimum Gasteiger partial charge on any atom is -0.480 e. The number of rotatable bonds is 4. The summed E-state index contributed by atoms with van der Waals surface area (Å²) in [6.07, 6.45) is 5.23. The van der Waals surface area contributed by atoms with E-state index in [1.807, 2.05) is 0 Å². The van der Waals surface area contributed by atoms with Gasteiger partial charge in [0, 0.05) is 12.1 Å². The summed E-state index contributed by atoms with van der Waals surface area (Å²) in [6.45, 7) is 3.08. The molecule has 4 atom stereocenters. The van der Waals surface area contributed by atoms with Crippen molar-refractivity contribution >= 4 is 5.97 Å². The first kappa shape index (κ1) is 11.9. The number of aliphatic carboxylic acids is 1. The van der Waals surface area contributed by atoms with Crippen molar-refractivity contribution in [3.05, 3.63) is 0 Å². The second-order valence-corrected chi connectivity index (χ2v) is 5.32. The van der Waals surface area contributed by atoms with Crippen molar-refractivity contribution in [1.29, 1.82) is 0 Å². The van der Waals surface area contributed by atoms with Crippen molar-refractivity contribution in [2.45, 2.75) is 57.2 Å². The fraction of sp³-hybridized carbons (Fsp3) is 0.917. The lowest BCUT2D eigenvalue weighted by Crippen LogP contribution is -2.47. The van der Waals surface area contributed by atoms with Crippen LogP contribution in [0.2, 0.25) is 0 Å².